The Labute approximate surface area is 184 Å². The maximum Gasteiger partial charge on any atom is 0.318 e. The number of carbonyl (C=O) groups is 1. The van der Waals surface area contributed by atoms with Crippen molar-refractivity contribution >= 4 is 40.9 Å². The number of hydrogen-bond donors (Lipinski definition) is 2. The molecule has 0 bridgehead atoms. The number of fused-ring (bicyclic) bond motifs is 1. The summed E-state index contributed by atoms with van der Waals surface area (Å²) < 4.78 is 1.70. The average molecular weight is 446 g/mol. The van der Waals surface area contributed by atoms with Crippen molar-refractivity contribution in [2.45, 2.75) is 25.9 Å². The third kappa shape index (κ3) is 4.49. The Morgan fingerprint density at radius 3 is 2.80 bits per heavy atom. The number of hydrogen-bond acceptors (Lipinski definition) is 5. The maximum absolute atomic E-state index is 12.8. The summed E-state index contributed by atoms with van der Waals surface area (Å²) in [5.74, 6) is 0.480. The Morgan fingerprint density at radius 2 is 2.07 bits per heavy atom. The Bertz CT molecular complexity index is 1080. The van der Waals surface area contributed by atoms with E-state index in [4.69, 9.17) is 23.2 Å². The molecule has 0 saturated heterocycles. The predicted molar refractivity (Wildman–Crippen MR) is 116 cm³/mol. The van der Waals surface area contributed by atoms with E-state index in [1.807, 2.05) is 32.4 Å². The van der Waals surface area contributed by atoms with Gasteiger partial charge in [0.1, 0.15) is 0 Å². The fourth-order valence-electron chi connectivity index (χ4n) is 3.29. The van der Waals surface area contributed by atoms with E-state index < -0.39 is 0 Å². The molecule has 8 nitrogen and oxygen atoms in total. The highest BCUT2D eigenvalue weighted by atomic mass is 35.5. The van der Waals surface area contributed by atoms with Crippen LogP contribution < -0.4 is 10.6 Å². The van der Waals surface area contributed by atoms with Crippen LogP contribution in [0.5, 0.6) is 0 Å². The van der Waals surface area contributed by atoms with Crippen molar-refractivity contribution in [3.63, 3.8) is 0 Å². The van der Waals surface area contributed by atoms with Crippen molar-refractivity contribution in [3.8, 4) is 0 Å². The Balaban J connectivity index is 1.42. The van der Waals surface area contributed by atoms with E-state index in [0.717, 1.165) is 22.5 Å². The molecule has 1 unspecified atom stereocenters. The van der Waals surface area contributed by atoms with E-state index in [0.29, 0.717) is 35.5 Å². The molecule has 2 amide bonds. The van der Waals surface area contributed by atoms with Crippen molar-refractivity contribution in [2.75, 3.05) is 11.9 Å². The molecule has 30 heavy (non-hydrogen) atoms. The number of carbonyl (C=O) groups excluding carboxylic acids is 1. The molecule has 3 heterocycles. The van der Waals surface area contributed by atoms with E-state index in [9.17, 15) is 4.79 Å². The van der Waals surface area contributed by atoms with Crippen LogP contribution in [0.2, 0.25) is 10.0 Å². The lowest BCUT2D eigenvalue weighted by Gasteiger charge is -2.29. The molecule has 156 valence electrons. The van der Waals surface area contributed by atoms with Crippen LogP contribution in [-0.4, -0.2) is 37.2 Å². The Morgan fingerprint density at radius 1 is 1.23 bits per heavy atom. The van der Waals surface area contributed by atoms with Gasteiger partial charge in [-0.3, -0.25) is 4.68 Å². The van der Waals surface area contributed by atoms with Gasteiger partial charge in [-0.15, -0.1) is 0 Å². The number of halogens is 2. The third-order valence-electron chi connectivity index (χ3n) is 4.98. The molecule has 0 radical (unpaired) electrons. The quantitative estimate of drug-likeness (QED) is 0.631. The summed E-state index contributed by atoms with van der Waals surface area (Å²) in [7, 11) is 1.84. The highest BCUT2D eigenvalue weighted by Crippen LogP contribution is 2.26. The molecule has 1 aliphatic rings. The fraction of sp³-hybridized carbons (Fsp3) is 0.300. The van der Waals surface area contributed by atoms with Crippen LogP contribution in [0.4, 0.5) is 16.4 Å². The van der Waals surface area contributed by atoms with E-state index in [-0.39, 0.29) is 12.1 Å². The van der Waals surface area contributed by atoms with Crippen LogP contribution in [0, 0.1) is 0 Å². The first-order valence-electron chi connectivity index (χ1n) is 9.50. The van der Waals surface area contributed by atoms with Gasteiger partial charge in [0.2, 0.25) is 5.95 Å². The Kier molecular flexibility index (Phi) is 5.78. The molecule has 0 aliphatic carbocycles. The fourth-order valence-corrected chi connectivity index (χ4v) is 3.60. The first-order valence-corrected chi connectivity index (χ1v) is 10.3. The topological polar surface area (TPSA) is 88.0 Å². The zero-order chi connectivity index (χ0) is 21.3. The van der Waals surface area contributed by atoms with Crippen LogP contribution in [-0.2, 0) is 20.0 Å². The highest BCUT2D eigenvalue weighted by Gasteiger charge is 2.24. The molecular formula is C20H21Cl2N7O. The maximum atomic E-state index is 12.8. The number of aryl methyl sites for hydroxylation is 1. The molecule has 10 heteroatoms. The number of rotatable bonds is 4. The minimum Gasteiger partial charge on any atom is -0.331 e. The standard InChI is InChI=1S/C20H21Cl2N7O/c1-12(13-3-4-16(21)17(22)7-13)25-20(30)29-6-5-14-8-23-19(27-18(14)11-29)26-15-9-24-28(2)10-15/h3-4,7-10,12H,5-6,11H2,1-2H3,(H,25,30)(H,23,26,27). The van der Waals surface area contributed by atoms with Gasteiger partial charge in [0.05, 0.1) is 40.2 Å². The number of amides is 2. The molecule has 0 saturated carbocycles. The summed E-state index contributed by atoms with van der Waals surface area (Å²) in [6.45, 7) is 2.93. The largest absolute Gasteiger partial charge is 0.331 e. The molecule has 1 aliphatic heterocycles. The summed E-state index contributed by atoms with van der Waals surface area (Å²) in [4.78, 5) is 23.5. The summed E-state index contributed by atoms with van der Waals surface area (Å²) in [5.41, 5.74) is 3.58. The molecule has 2 N–H and O–H groups in total. The molecular weight excluding hydrogens is 425 g/mol. The SMILES string of the molecule is CC(NC(=O)N1CCc2cnc(Nc3cnn(C)c3)nc2C1)c1ccc(Cl)c(Cl)c1. The van der Waals surface area contributed by atoms with Crippen molar-refractivity contribution in [1.82, 2.24) is 30.0 Å². The molecule has 0 spiro atoms. The van der Waals surface area contributed by atoms with E-state index in [1.54, 1.807) is 27.9 Å². The molecule has 1 aromatic carbocycles. The number of nitrogens with one attached hydrogen (secondary N) is 2. The van der Waals surface area contributed by atoms with Gasteiger partial charge >= 0.3 is 6.03 Å². The minimum atomic E-state index is -0.207. The normalized spacial score (nSPS) is 14.2. The van der Waals surface area contributed by atoms with Gasteiger partial charge in [0.15, 0.2) is 0 Å². The van der Waals surface area contributed by atoms with Gasteiger partial charge in [-0.05, 0) is 36.6 Å². The second-order valence-electron chi connectivity index (χ2n) is 7.21. The number of anilines is 2. The number of aromatic nitrogens is 4. The predicted octanol–water partition coefficient (Wildman–Crippen LogP) is 4.09. The van der Waals surface area contributed by atoms with Gasteiger partial charge in [0.25, 0.3) is 0 Å². The summed E-state index contributed by atoms with van der Waals surface area (Å²) in [5, 5.41) is 11.2. The van der Waals surface area contributed by atoms with Crippen LogP contribution in [0.1, 0.15) is 29.8 Å². The second kappa shape index (κ2) is 8.49. The van der Waals surface area contributed by atoms with Crippen LogP contribution in [0.3, 0.4) is 0 Å². The molecule has 3 aromatic rings. The molecule has 0 fully saturated rings. The highest BCUT2D eigenvalue weighted by molar-refractivity contribution is 6.42. The smallest absolute Gasteiger partial charge is 0.318 e. The lowest BCUT2D eigenvalue weighted by molar-refractivity contribution is 0.188. The van der Waals surface area contributed by atoms with Crippen molar-refractivity contribution < 1.29 is 4.79 Å². The van der Waals surface area contributed by atoms with E-state index >= 15 is 0 Å². The van der Waals surface area contributed by atoms with Crippen LogP contribution in [0.15, 0.2) is 36.8 Å². The van der Waals surface area contributed by atoms with Gasteiger partial charge in [-0.2, -0.15) is 5.10 Å². The second-order valence-corrected chi connectivity index (χ2v) is 8.02. The number of nitrogens with zero attached hydrogens (tertiary/aromatic N) is 5. The first-order chi connectivity index (χ1) is 14.4. The first kappa shape index (κ1) is 20.4. The lowest BCUT2D eigenvalue weighted by Crippen LogP contribution is -2.43. The average Bonchev–Trinajstić information content (AvgIpc) is 3.13. The zero-order valence-electron chi connectivity index (χ0n) is 16.6. The molecule has 2 aromatic heterocycles. The molecule has 4 rings (SSSR count). The van der Waals surface area contributed by atoms with Crippen molar-refractivity contribution in [3.05, 3.63) is 63.7 Å². The van der Waals surface area contributed by atoms with Crippen LogP contribution in [0.25, 0.3) is 0 Å². The number of benzene rings is 1. The van der Waals surface area contributed by atoms with Gasteiger partial charge in [0, 0.05) is 26.0 Å². The zero-order valence-corrected chi connectivity index (χ0v) is 18.1. The summed E-state index contributed by atoms with van der Waals surface area (Å²) in [6.07, 6.45) is 6.06. The number of urea groups is 1. The van der Waals surface area contributed by atoms with Gasteiger partial charge in [-0.25, -0.2) is 14.8 Å². The van der Waals surface area contributed by atoms with E-state index in [1.165, 1.54) is 0 Å². The summed E-state index contributed by atoms with van der Waals surface area (Å²) >= 11 is 12.1. The van der Waals surface area contributed by atoms with E-state index in [2.05, 4.69) is 25.7 Å². The van der Waals surface area contributed by atoms with Gasteiger partial charge in [-0.1, -0.05) is 29.3 Å². The van der Waals surface area contributed by atoms with Crippen molar-refractivity contribution in [2.24, 2.45) is 7.05 Å². The lowest BCUT2D eigenvalue weighted by atomic mass is 10.1. The monoisotopic (exact) mass is 445 g/mol. The third-order valence-corrected chi connectivity index (χ3v) is 5.72. The van der Waals surface area contributed by atoms with Gasteiger partial charge < -0.3 is 15.5 Å². The molecule has 1 atom stereocenters. The summed E-state index contributed by atoms with van der Waals surface area (Å²) in [6, 6.07) is 4.99. The minimum absolute atomic E-state index is 0.153. The Hall–Kier alpha value is -2.84. The van der Waals surface area contributed by atoms with Crippen molar-refractivity contribution in [1.29, 1.82) is 0 Å². The van der Waals surface area contributed by atoms with Crippen LogP contribution >= 0.6 is 23.2 Å².